The monoisotopic (exact) mass is 205 g/mol. The first-order valence-electron chi connectivity index (χ1n) is 3.23. The Morgan fingerprint density at radius 2 is 2.00 bits per heavy atom. The molecule has 0 heterocycles. The van der Waals surface area contributed by atoms with Gasteiger partial charge in [-0.2, -0.15) is 0 Å². The fraction of sp³-hybridized carbons (Fsp3) is 0.125. The van der Waals surface area contributed by atoms with E-state index >= 15 is 0 Å². The largest absolute Gasteiger partial charge is 0.324 e. The van der Waals surface area contributed by atoms with E-state index in [1.807, 2.05) is 0 Å². The van der Waals surface area contributed by atoms with Crippen LogP contribution in [-0.2, 0) is 0 Å². The smallest absolute Gasteiger partial charge is 0.177 e. The average Bonchev–Trinajstić information content (AvgIpc) is 2.04. The summed E-state index contributed by atoms with van der Waals surface area (Å²) >= 11 is 5.72. The molecule has 66 valence electrons. The number of rotatable bonds is 2. The Bertz CT molecular complexity index is 276. The van der Waals surface area contributed by atoms with E-state index in [0.29, 0.717) is 10.6 Å². The summed E-state index contributed by atoms with van der Waals surface area (Å²) in [7, 11) is 0. The molecule has 0 unspecified atom stereocenters. The quantitative estimate of drug-likeness (QED) is 0.751. The average molecular weight is 206 g/mol. The minimum absolute atomic E-state index is 0. The van der Waals surface area contributed by atoms with E-state index in [-0.39, 0.29) is 24.7 Å². The van der Waals surface area contributed by atoms with Crippen molar-refractivity contribution in [3.8, 4) is 0 Å². The Hall–Kier alpha value is -0.570. The summed E-state index contributed by atoms with van der Waals surface area (Å²) in [4.78, 5) is 11.0. The van der Waals surface area contributed by atoms with E-state index in [1.54, 1.807) is 24.3 Å². The lowest BCUT2D eigenvalue weighted by Crippen LogP contribution is -2.13. The summed E-state index contributed by atoms with van der Waals surface area (Å²) in [6.07, 6.45) is 0. The van der Waals surface area contributed by atoms with Gasteiger partial charge in [0, 0.05) is 5.56 Å². The number of carbonyl (C=O) groups excluding carboxylic acids is 1. The maximum absolute atomic E-state index is 11.0. The van der Waals surface area contributed by atoms with Gasteiger partial charge in [0.1, 0.15) is 0 Å². The van der Waals surface area contributed by atoms with Gasteiger partial charge in [-0.15, -0.1) is 12.4 Å². The van der Waals surface area contributed by atoms with E-state index in [2.05, 4.69) is 0 Å². The van der Waals surface area contributed by atoms with E-state index in [4.69, 9.17) is 17.3 Å². The fourth-order valence-corrected chi connectivity index (χ4v) is 1.04. The first-order valence-corrected chi connectivity index (χ1v) is 3.61. The topological polar surface area (TPSA) is 43.1 Å². The van der Waals surface area contributed by atoms with Crippen molar-refractivity contribution in [2.75, 3.05) is 6.54 Å². The summed E-state index contributed by atoms with van der Waals surface area (Å²) in [5, 5.41) is 0.461. The second-order valence-corrected chi connectivity index (χ2v) is 2.51. The van der Waals surface area contributed by atoms with Crippen molar-refractivity contribution in [3.63, 3.8) is 0 Å². The van der Waals surface area contributed by atoms with Crippen molar-refractivity contribution >= 4 is 29.8 Å². The number of carbonyl (C=O) groups is 1. The van der Waals surface area contributed by atoms with Gasteiger partial charge in [0.25, 0.3) is 0 Å². The van der Waals surface area contributed by atoms with Crippen LogP contribution in [-0.4, -0.2) is 12.3 Å². The van der Waals surface area contributed by atoms with Crippen LogP contribution in [0.25, 0.3) is 0 Å². The van der Waals surface area contributed by atoms with Crippen molar-refractivity contribution < 1.29 is 4.79 Å². The molecule has 1 aromatic rings. The Morgan fingerprint density at radius 3 is 2.50 bits per heavy atom. The normalized spacial score (nSPS) is 8.83. The lowest BCUT2D eigenvalue weighted by molar-refractivity contribution is 0.100. The Balaban J connectivity index is 0.00000121. The molecule has 1 rings (SSSR count). The molecule has 0 bridgehead atoms. The Morgan fingerprint density at radius 1 is 1.42 bits per heavy atom. The second-order valence-electron chi connectivity index (χ2n) is 2.11. The molecule has 2 N–H and O–H groups in total. The van der Waals surface area contributed by atoms with Crippen molar-refractivity contribution in [1.82, 2.24) is 0 Å². The number of hydrogen-bond donors (Lipinski definition) is 1. The van der Waals surface area contributed by atoms with Crippen LogP contribution in [0.15, 0.2) is 24.3 Å². The van der Waals surface area contributed by atoms with Crippen molar-refractivity contribution in [1.29, 1.82) is 0 Å². The third-order valence-corrected chi connectivity index (χ3v) is 1.69. The van der Waals surface area contributed by atoms with Crippen LogP contribution in [0.1, 0.15) is 10.4 Å². The first kappa shape index (κ1) is 11.4. The van der Waals surface area contributed by atoms with E-state index in [1.165, 1.54) is 0 Å². The molecule has 0 atom stereocenters. The van der Waals surface area contributed by atoms with Crippen molar-refractivity contribution in [2.24, 2.45) is 5.73 Å². The highest BCUT2D eigenvalue weighted by Gasteiger charge is 2.05. The van der Waals surface area contributed by atoms with Crippen LogP contribution in [0.2, 0.25) is 5.02 Å². The molecule has 1 aromatic carbocycles. The van der Waals surface area contributed by atoms with Crippen molar-refractivity contribution in [3.05, 3.63) is 34.9 Å². The third-order valence-electron chi connectivity index (χ3n) is 1.36. The van der Waals surface area contributed by atoms with Gasteiger partial charge in [0.15, 0.2) is 5.78 Å². The molecule has 0 aromatic heterocycles. The standard InChI is InChI=1S/C8H8ClNO.ClH/c9-7-4-2-1-3-6(7)8(11)5-10;/h1-4H,5,10H2;1H. The third kappa shape index (κ3) is 2.48. The van der Waals surface area contributed by atoms with Crippen LogP contribution in [0, 0.1) is 0 Å². The van der Waals surface area contributed by atoms with Crippen LogP contribution in [0.3, 0.4) is 0 Å². The number of hydrogen-bond acceptors (Lipinski definition) is 2. The fourth-order valence-electron chi connectivity index (χ4n) is 0.797. The molecule has 0 saturated heterocycles. The van der Waals surface area contributed by atoms with Crippen LogP contribution < -0.4 is 5.73 Å². The van der Waals surface area contributed by atoms with Gasteiger partial charge in [-0.1, -0.05) is 23.7 Å². The molecule has 0 fully saturated rings. The lowest BCUT2D eigenvalue weighted by atomic mass is 10.1. The molecule has 12 heavy (non-hydrogen) atoms. The predicted molar refractivity (Wildman–Crippen MR) is 52.1 cm³/mol. The maximum atomic E-state index is 11.0. The molecule has 2 nitrogen and oxygen atoms in total. The Labute approximate surface area is 82.1 Å². The Kier molecular flexibility index (Phi) is 4.90. The van der Waals surface area contributed by atoms with Gasteiger partial charge >= 0.3 is 0 Å². The van der Waals surface area contributed by atoms with Crippen LogP contribution in [0.4, 0.5) is 0 Å². The minimum atomic E-state index is -0.129. The number of nitrogens with two attached hydrogens (primary N) is 1. The maximum Gasteiger partial charge on any atom is 0.177 e. The van der Waals surface area contributed by atoms with Gasteiger partial charge in [-0.25, -0.2) is 0 Å². The molecular weight excluding hydrogens is 197 g/mol. The predicted octanol–water partition coefficient (Wildman–Crippen LogP) is 1.90. The minimum Gasteiger partial charge on any atom is -0.324 e. The SMILES string of the molecule is Cl.NCC(=O)c1ccccc1Cl. The number of benzene rings is 1. The van der Waals surface area contributed by atoms with Crippen molar-refractivity contribution in [2.45, 2.75) is 0 Å². The number of halogens is 2. The zero-order valence-corrected chi connectivity index (χ0v) is 7.86. The van der Waals surface area contributed by atoms with E-state index in [9.17, 15) is 4.79 Å². The summed E-state index contributed by atoms with van der Waals surface area (Å²) in [5.74, 6) is -0.129. The molecule has 0 spiro atoms. The van der Waals surface area contributed by atoms with Gasteiger partial charge in [-0.3, -0.25) is 4.79 Å². The molecule has 0 amide bonds. The highest BCUT2D eigenvalue weighted by molar-refractivity contribution is 6.34. The summed E-state index contributed by atoms with van der Waals surface area (Å²) in [6.45, 7) is 0.00370. The van der Waals surface area contributed by atoms with Gasteiger partial charge < -0.3 is 5.73 Å². The number of Topliss-reactive ketones (excluding diaryl/α,β-unsaturated/α-hetero) is 1. The zero-order chi connectivity index (χ0) is 8.27. The molecule has 0 radical (unpaired) electrons. The van der Waals surface area contributed by atoms with Gasteiger partial charge in [0.05, 0.1) is 11.6 Å². The van der Waals surface area contributed by atoms with Crippen LogP contribution in [0.5, 0.6) is 0 Å². The summed E-state index contributed by atoms with van der Waals surface area (Å²) < 4.78 is 0. The first-order chi connectivity index (χ1) is 5.25. The van der Waals surface area contributed by atoms with Crippen LogP contribution >= 0.6 is 24.0 Å². The molecule has 0 aliphatic heterocycles. The highest BCUT2D eigenvalue weighted by Crippen LogP contribution is 2.14. The zero-order valence-electron chi connectivity index (χ0n) is 6.29. The molecule has 4 heteroatoms. The molecule has 0 aliphatic rings. The van der Waals surface area contributed by atoms with E-state index < -0.39 is 0 Å². The highest BCUT2D eigenvalue weighted by atomic mass is 35.5. The molecule has 0 aliphatic carbocycles. The molecular formula is C8H9Cl2NO. The summed E-state index contributed by atoms with van der Waals surface area (Å²) in [6, 6.07) is 6.87. The van der Waals surface area contributed by atoms with E-state index in [0.717, 1.165) is 0 Å². The molecule has 0 saturated carbocycles. The van der Waals surface area contributed by atoms with Gasteiger partial charge in [-0.05, 0) is 12.1 Å². The lowest BCUT2D eigenvalue weighted by Gasteiger charge is -1.98. The summed E-state index contributed by atoms with van der Waals surface area (Å²) in [5.41, 5.74) is 5.66. The van der Waals surface area contributed by atoms with Gasteiger partial charge in [0.2, 0.25) is 0 Å². The second kappa shape index (κ2) is 5.14. The number of ketones is 1.